The van der Waals surface area contributed by atoms with Crippen molar-refractivity contribution >= 4 is 17.5 Å². The fourth-order valence-corrected chi connectivity index (χ4v) is 3.21. The van der Waals surface area contributed by atoms with Crippen LogP contribution in [-0.4, -0.2) is 31.5 Å². The largest absolute Gasteiger partial charge is 0.349 e. The molecule has 0 bridgehead atoms. The minimum atomic E-state index is 0.291. The van der Waals surface area contributed by atoms with Crippen LogP contribution in [0.1, 0.15) is 30.3 Å². The fourth-order valence-electron chi connectivity index (χ4n) is 3.21. The molecule has 7 heteroatoms. The van der Waals surface area contributed by atoms with Gasteiger partial charge in [0, 0.05) is 31.3 Å². The number of pyridine rings is 1. The molecule has 0 spiro atoms. The summed E-state index contributed by atoms with van der Waals surface area (Å²) in [6.07, 6.45) is 10.9. The predicted molar refractivity (Wildman–Crippen MR) is 95.6 cm³/mol. The third kappa shape index (κ3) is 3.40. The van der Waals surface area contributed by atoms with E-state index in [9.17, 15) is 0 Å². The van der Waals surface area contributed by atoms with Crippen molar-refractivity contribution in [2.45, 2.75) is 25.8 Å². The Morgan fingerprint density at radius 3 is 2.76 bits per heavy atom. The molecule has 0 radical (unpaired) electrons. The van der Waals surface area contributed by atoms with Crippen LogP contribution in [0.2, 0.25) is 0 Å². The van der Waals surface area contributed by atoms with Crippen LogP contribution in [0.15, 0.2) is 49.2 Å². The molecule has 4 rings (SSSR count). The number of hydrogen-bond acceptors (Lipinski definition) is 7. The van der Waals surface area contributed by atoms with Gasteiger partial charge < -0.3 is 10.2 Å². The maximum Gasteiger partial charge on any atom is 0.150 e. The number of anilines is 3. The molecule has 3 aromatic heterocycles. The van der Waals surface area contributed by atoms with Gasteiger partial charge in [0.05, 0.1) is 12.2 Å². The molecule has 1 N–H and O–H groups in total. The second-order valence-corrected chi connectivity index (χ2v) is 6.00. The van der Waals surface area contributed by atoms with E-state index in [4.69, 9.17) is 0 Å². The molecule has 25 heavy (non-hydrogen) atoms. The highest BCUT2D eigenvalue weighted by molar-refractivity contribution is 5.52. The van der Waals surface area contributed by atoms with Crippen LogP contribution in [0, 0.1) is 6.92 Å². The zero-order valence-electron chi connectivity index (χ0n) is 14.0. The van der Waals surface area contributed by atoms with Crippen molar-refractivity contribution in [3.8, 4) is 0 Å². The monoisotopic (exact) mass is 333 g/mol. The van der Waals surface area contributed by atoms with Gasteiger partial charge in [0.15, 0.2) is 0 Å². The van der Waals surface area contributed by atoms with Gasteiger partial charge in [-0.3, -0.25) is 4.98 Å². The molecule has 1 aliphatic heterocycles. The van der Waals surface area contributed by atoms with Crippen LogP contribution >= 0.6 is 0 Å². The summed E-state index contributed by atoms with van der Waals surface area (Å²) in [7, 11) is 0. The van der Waals surface area contributed by atoms with Crippen molar-refractivity contribution in [1.82, 2.24) is 24.9 Å². The molecule has 1 atom stereocenters. The van der Waals surface area contributed by atoms with Gasteiger partial charge in [0.2, 0.25) is 0 Å². The zero-order valence-corrected chi connectivity index (χ0v) is 14.0. The van der Waals surface area contributed by atoms with E-state index in [0.717, 1.165) is 36.8 Å². The van der Waals surface area contributed by atoms with E-state index in [1.165, 1.54) is 5.56 Å². The van der Waals surface area contributed by atoms with E-state index in [1.807, 2.05) is 25.4 Å². The summed E-state index contributed by atoms with van der Waals surface area (Å²) in [5.74, 6) is 3.23. The van der Waals surface area contributed by atoms with Crippen LogP contribution in [-0.2, 0) is 0 Å². The highest BCUT2D eigenvalue weighted by Gasteiger charge is 2.27. The van der Waals surface area contributed by atoms with Gasteiger partial charge in [-0.25, -0.2) is 19.9 Å². The van der Waals surface area contributed by atoms with Gasteiger partial charge >= 0.3 is 0 Å². The number of aromatic nitrogens is 5. The molecule has 0 unspecified atom stereocenters. The first kappa shape index (κ1) is 15.4. The fraction of sp³-hybridized carbons (Fsp3) is 0.278. The van der Waals surface area contributed by atoms with E-state index < -0.39 is 0 Å². The Labute approximate surface area is 146 Å². The Hall–Kier alpha value is -3.09. The molecule has 3 aromatic rings. The number of nitrogens with one attached hydrogen (secondary N) is 1. The van der Waals surface area contributed by atoms with Crippen molar-refractivity contribution in [3.63, 3.8) is 0 Å². The average molecular weight is 333 g/mol. The Morgan fingerprint density at radius 1 is 1.04 bits per heavy atom. The maximum absolute atomic E-state index is 4.59. The maximum atomic E-state index is 4.59. The summed E-state index contributed by atoms with van der Waals surface area (Å²) < 4.78 is 0. The molecule has 0 amide bonds. The first-order valence-electron chi connectivity index (χ1n) is 8.35. The molecule has 1 aliphatic rings. The first-order chi connectivity index (χ1) is 12.3. The van der Waals surface area contributed by atoms with E-state index in [0.29, 0.717) is 11.9 Å². The van der Waals surface area contributed by atoms with Crippen LogP contribution in [0.25, 0.3) is 0 Å². The van der Waals surface area contributed by atoms with E-state index in [1.54, 1.807) is 18.6 Å². The molecule has 0 aromatic carbocycles. The summed E-state index contributed by atoms with van der Waals surface area (Å²) >= 11 is 0. The lowest BCUT2D eigenvalue weighted by Crippen LogP contribution is -2.24. The predicted octanol–water partition coefficient (Wildman–Crippen LogP) is 3.06. The minimum Gasteiger partial charge on any atom is -0.349 e. The first-order valence-corrected chi connectivity index (χ1v) is 8.35. The standard InChI is InChI=1S/C18H19N7/c1-13-20-7-5-18(23-13)25-10-2-3-15(25)14-4-6-21-16(11-14)24-17-12-19-8-9-22-17/h4-9,11-12,15H,2-3,10H2,1H3,(H,21,22,24)/t15-/m1/s1. The summed E-state index contributed by atoms with van der Waals surface area (Å²) in [4.78, 5) is 23.8. The number of hydrogen-bond donors (Lipinski definition) is 1. The van der Waals surface area contributed by atoms with Crippen LogP contribution in [0.4, 0.5) is 17.5 Å². The summed E-state index contributed by atoms with van der Waals surface area (Å²) in [6, 6.07) is 6.41. The summed E-state index contributed by atoms with van der Waals surface area (Å²) in [6.45, 7) is 2.92. The lowest BCUT2D eigenvalue weighted by molar-refractivity contribution is 0.708. The Kier molecular flexibility index (Phi) is 4.20. The molecule has 4 heterocycles. The van der Waals surface area contributed by atoms with Crippen molar-refractivity contribution < 1.29 is 0 Å². The van der Waals surface area contributed by atoms with Gasteiger partial charge in [-0.05, 0) is 43.5 Å². The molecule has 1 saturated heterocycles. The van der Waals surface area contributed by atoms with Gasteiger partial charge in [-0.1, -0.05) is 0 Å². The minimum absolute atomic E-state index is 0.291. The van der Waals surface area contributed by atoms with Crippen molar-refractivity contribution in [3.05, 3.63) is 60.6 Å². The lowest BCUT2D eigenvalue weighted by Gasteiger charge is -2.26. The van der Waals surface area contributed by atoms with E-state index in [-0.39, 0.29) is 0 Å². The topological polar surface area (TPSA) is 79.7 Å². The molecule has 0 saturated carbocycles. The van der Waals surface area contributed by atoms with Crippen LogP contribution in [0.5, 0.6) is 0 Å². The number of rotatable bonds is 4. The van der Waals surface area contributed by atoms with Gasteiger partial charge in [-0.2, -0.15) is 0 Å². The van der Waals surface area contributed by atoms with Gasteiger partial charge in [0.25, 0.3) is 0 Å². The second-order valence-electron chi connectivity index (χ2n) is 6.00. The molecule has 126 valence electrons. The van der Waals surface area contributed by atoms with Crippen LogP contribution in [0.3, 0.4) is 0 Å². The molecule has 0 aliphatic carbocycles. The Morgan fingerprint density at radius 2 is 1.92 bits per heavy atom. The van der Waals surface area contributed by atoms with Crippen molar-refractivity contribution in [2.24, 2.45) is 0 Å². The van der Waals surface area contributed by atoms with E-state index in [2.05, 4.69) is 47.3 Å². The van der Waals surface area contributed by atoms with Crippen LogP contribution < -0.4 is 10.2 Å². The SMILES string of the molecule is Cc1nccc(N2CCC[C@@H]2c2ccnc(Nc3cnccn3)c2)n1. The number of aryl methyl sites for hydroxylation is 1. The quantitative estimate of drug-likeness (QED) is 0.786. The normalized spacial score (nSPS) is 16.8. The van der Waals surface area contributed by atoms with Crippen molar-refractivity contribution in [2.75, 3.05) is 16.8 Å². The second kappa shape index (κ2) is 6.80. The van der Waals surface area contributed by atoms with Gasteiger partial charge in [0.1, 0.15) is 23.3 Å². The van der Waals surface area contributed by atoms with Crippen molar-refractivity contribution in [1.29, 1.82) is 0 Å². The molecule has 7 nitrogen and oxygen atoms in total. The summed E-state index contributed by atoms with van der Waals surface area (Å²) in [5.41, 5.74) is 1.22. The highest BCUT2D eigenvalue weighted by atomic mass is 15.2. The lowest BCUT2D eigenvalue weighted by atomic mass is 10.1. The van der Waals surface area contributed by atoms with Gasteiger partial charge in [-0.15, -0.1) is 0 Å². The summed E-state index contributed by atoms with van der Waals surface area (Å²) in [5, 5.41) is 3.20. The third-order valence-corrected chi connectivity index (χ3v) is 4.30. The Bertz CT molecular complexity index is 853. The Balaban J connectivity index is 1.59. The average Bonchev–Trinajstić information content (AvgIpc) is 3.13. The smallest absolute Gasteiger partial charge is 0.150 e. The molecular weight excluding hydrogens is 314 g/mol. The molecule has 1 fully saturated rings. The molecular formula is C18H19N7. The number of nitrogens with zero attached hydrogens (tertiary/aromatic N) is 6. The highest BCUT2D eigenvalue weighted by Crippen LogP contribution is 2.35. The zero-order chi connectivity index (χ0) is 17.1. The third-order valence-electron chi connectivity index (χ3n) is 4.30. The van der Waals surface area contributed by atoms with E-state index >= 15 is 0 Å².